The molecule has 0 fully saturated rings. The van der Waals surface area contributed by atoms with Crippen LogP contribution in [0, 0.1) is 0 Å². The maximum absolute atomic E-state index is 2.43. The van der Waals surface area contributed by atoms with E-state index in [1.807, 2.05) is 0 Å². The van der Waals surface area contributed by atoms with Gasteiger partial charge in [0.2, 0.25) is 0 Å². The lowest BCUT2D eigenvalue weighted by Gasteiger charge is -2.29. The van der Waals surface area contributed by atoms with E-state index in [4.69, 9.17) is 0 Å². The van der Waals surface area contributed by atoms with Gasteiger partial charge in [0.15, 0.2) is 0 Å². The van der Waals surface area contributed by atoms with Gasteiger partial charge in [0, 0.05) is 23.0 Å². The first-order valence-corrected chi connectivity index (χ1v) is 21.2. The van der Waals surface area contributed by atoms with E-state index >= 15 is 0 Å². The second-order valence-electron chi connectivity index (χ2n) is 15.6. The van der Waals surface area contributed by atoms with Crippen LogP contribution in [0.5, 0.6) is 0 Å². The zero-order valence-corrected chi connectivity index (χ0v) is 34.0. The third-order valence-electron chi connectivity index (χ3n) is 11.9. The van der Waals surface area contributed by atoms with E-state index in [0.717, 1.165) is 23.5 Å². The number of rotatable bonds is 10. The number of hydrogen-bond acceptors (Lipinski definition) is 1. The fraction of sp³-hybridized carbons (Fsp3) is 0.0333. The molecule has 0 aliphatic heterocycles. The summed E-state index contributed by atoms with van der Waals surface area (Å²) >= 11 is 0. The molecule has 1 aliphatic rings. The van der Waals surface area contributed by atoms with Crippen molar-refractivity contribution in [2.24, 2.45) is 0 Å². The van der Waals surface area contributed by atoms with Crippen molar-refractivity contribution in [2.45, 2.75) is 12.3 Å². The maximum Gasteiger partial charge on any atom is 0.0468 e. The molecule has 0 radical (unpaired) electrons. The average molecular weight is 780 g/mol. The van der Waals surface area contributed by atoms with E-state index in [2.05, 4.69) is 260 Å². The van der Waals surface area contributed by atoms with Crippen molar-refractivity contribution < 1.29 is 0 Å². The number of nitrogens with zero attached hydrogens (tertiary/aromatic N) is 1. The molecule has 0 saturated heterocycles. The molecule has 0 amide bonds. The lowest BCUT2D eigenvalue weighted by molar-refractivity contribution is 0.854. The molecule has 1 aliphatic carbocycles. The predicted octanol–water partition coefficient (Wildman–Crippen LogP) is 16.8. The van der Waals surface area contributed by atoms with Gasteiger partial charge in [-0.05, 0) is 115 Å². The van der Waals surface area contributed by atoms with Gasteiger partial charge in [0.1, 0.15) is 0 Å². The van der Waals surface area contributed by atoms with Gasteiger partial charge in [-0.15, -0.1) is 0 Å². The maximum atomic E-state index is 2.43. The highest BCUT2D eigenvalue weighted by Crippen LogP contribution is 2.46. The zero-order valence-electron chi connectivity index (χ0n) is 34.0. The summed E-state index contributed by atoms with van der Waals surface area (Å²) in [6, 6.07) is 83.9. The molecule has 10 rings (SSSR count). The van der Waals surface area contributed by atoms with Gasteiger partial charge >= 0.3 is 0 Å². The minimum absolute atomic E-state index is 0.370. The Balaban J connectivity index is 1.18. The van der Waals surface area contributed by atoms with Crippen LogP contribution in [0.25, 0.3) is 66.8 Å². The number of benzene rings is 9. The molecule has 1 nitrogen and oxygen atoms in total. The van der Waals surface area contributed by atoms with E-state index in [0.29, 0.717) is 5.92 Å². The Morgan fingerprint density at radius 3 is 1.07 bits per heavy atom. The van der Waals surface area contributed by atoms with Crippen LogP contribution in [-0.4, -0.2) is 0 Å². The van der Waals surface area contributed by atoms with Gasteiger partial charge in [0.05, 0.1) is 0 Å². The first kappa shape index (κ1) is 37.5. The summed E-state index contributed by atoms with van der Waals surface area (Å²) < 4.78 is 0. The highest BCUT2D eigenvalue weighted by molar-refractivity contribution is 5.96. The minimum atomic E-state index is 0.370. The van der Waals surface area contributed by atoms with Crippen molar-refractivity contribution in [3.8, 4) is 66.8 Å². The molecule has 0 aromatic heterocycles. The highest BCUT2D eigenvalue weighted by Gasteiger charge is 2.21. The standard InChI is InChI=1S/C60H45N/c1-6-20-44(21-7-1)45-34-36-50(37-35-45)61(51-38-40-57(59(42-51)48-26-12-4-13-27-48)55-32-18-16-30-53(55)46-22-8-2-9-23-46)52-39-41-58(60(43-52)49-28-14-5-15-29-49)56-33-19-17-31-54(56)47-24-10-3-11-25-47/h1-20,22-44H,21H2. The first-order valence-electron chi connectivity index (χ1n) is 21.2. The van der Waals surface area contributed by atoms with E-state index in [9.17, 15) is 0 Å². The summed E-state index contributed by atoms with van der Waals surface area (Å²) in [6.07, 6.45) is 9.89. The van der Waals surface area contributed by atoms with Gasteiger partial charge < -0.3 is 4.90 Å². The monoisotopic (exact) mass is 779 g/mol. The molecular weight excluding hydrogens is 735 g/mol. The number of hydrogen-bond donors (Lipinski definition) is 0. The Morgan fingerprint density at radius 2 is 0.656 bits per heavy atom. The van der Waals surface area contributed by atoms with Crippen LogP contribution < -0.4 is 4.90 Å². The molecule has 0 heterocycles. The van der Waals surface area contributed by atoms with Gasteiger partial charge in [-0.25, -0.2) is 0 Å². The molecule has 9 aromatic rings. The third kappa shape index (κ3) is 7.78. The van der Waals surface area contributed by atoms with Crippen molar-refractivity contribution >= 4 is 17.1 Å². The molecule has 0 bridgehead atoms. The molecule has 61 heavy (non-hydrogen) atoms. The molecule has 1 heteroatoms. The summed E-state index contributed by atoms with van der Waals surface area (Å²) in [5, 5.41) is 0. The quantitative estimate of drug-likeness (QED) is 0.134. The second-order valence-corrected chi connectivity index (χ2v) is 15.6. The summed E-state index contributed by atoms with van der Waals surface area (Å²) in [7, 11) is 0. The van der Waals surface area contributed by atoms with E-state index < -0.39 is 0 Å². The fourth-order valence-electron chi connectivity index (χ4n) is 8.85. The van der Waals surface area contributed by atoms with Crippen LogP contribution >= 0.6 is 0 Å². The van der Waals surface area contributed by atoms with Crippen LogP contribution in [0.1, 0.15) is 17.9 Å². The summed E-state index contributed by atoms with van der Waals surface area (Å²) in [5.41, 5.74) is 18.9. The first-order chi connectivity index (χ1) is 30.3. The lowest BCUT2D eigenvalue weighted by Crippen LogP contribution is -2.11. The summed E-state index contributed by atoms with van der Waals surface area (Å²) in [4.78, 5) is 2.43. The Kier molecular flexibility index (Phi) is 10.6. The fourth-order valence-corrected chi connectivity index (χ4v) is 8.85. The van der Waals surface area contributed by atoms with Gasteiger partial charge in [-0.3, -0.25) is 0 Å². The molecule has 0 N–H and O–H groups in total. The molecule has 0 saturated carbocycles. The SMILES string of the molecule is C1=CCC(c2ccc(N(c3ccc(-c4ccccc4-c4ccccc4)c(-c4ccccc4)c3)c3ccc(-c4ccccc4-c4ccccc4)c(-c4ccccc4)c3)cc2)C=C1. The van der Waals surface area contributed by atoms with Crippen LogP contribution in [0.15, 0.2) is 255 Å². The second kappa shape index (κ2) is 17.2. The summed E-state index contributed by atoms with van der Waals surface area (Å²) in [6.45, 7) is 0. The highest BCUT2D eigenvalue weighted by atomic mass is 15.1. The summed E-state index contributed by atoms with van der Waals surface area (Å²) in [5.74, 6) is 0.370. The smallest absolute Gasteiger partial charge is 0.0468 e. The third-order valence-corrected chi connectivity index (χ3v) is 11.9. The van der Waals surface area contributed by atoms with Gasteiger partial charge in [-0.1, -0.05) is 218 Å². The van der Waals surface area contributed by atoms with Crippen molar-refractivity contribution in [1.82, 2.24) is 0 Å². The van der Waals surface area contributed by atoms with Crippen molar-refractivity contribution in [1.29, 1.82) is 0 Å². The lowest BCUT2D eigenvalue weighted by atomic mass is 9.88. The van der Waals surface area contributed by atoms with Crippen molar-refractivity contribution in [2.75, 3.05) is 4.90 Å². The largest absolute Gasteiger partial charge is 0.310 e. The van der Waals surface area contributed by atoms with Gasteiger partial charge in [0.25, 0.3) is 0 Å². The Bertz CT molecular complexity index is 2790. The van der Waals surface area contributed by atoms with Crippen LogP contribution in [-0.2, 0) is 0 Å². The predicted molar refractivity (Wildman–Crippen MR) is 259 cm³/mol. The average Bonchev–Trinajstić information content (AvgIpc) is 3.35. The number of anilines is 3. The molecule has 9 aromatic carbocycles. The van der Waals surface area contributed by atoms with Crippen LogP contribution in [0.4, 0.5) is 17.1 Å². The van der Waals surface area contributed by atoms with Crippen molar-refractivity contribution in [3.63, 3.8) is 0 Å². The molecular formula is C60H45N. The van der Waals surface area contributed by atoms with E-state index in [1.54, 1.807) is 0 Å². The topological polar surface area (TPSA) is 3.24 Å². The van der Waals surface area contributed by atoms with Crippen molar-refractivity contribution in [3.05, 3.63) is 260 Å². The minimum Gasteiger partial charge on any atom is -0.310 e. The Hall–Kier alpha value is -7.74. The number of allylic oxidation sites excluding steroid dienone is 4. The van der Waals surface area contributed by atoms with E-state index in [-0.39, 0.29) is 0 Å². The Morgan fingerprint density at radius 1 is 0.295 bits per heavy atom. The molecule has 1 atom stereocenters. The molecule has 290 valence electrons. The van der Waals surface area contributed by atoms with Gasteiger partial charge in [-0.2, -0.15) is 0 Å². The molecule has 1 unspecified atom stereocenters. The Labute approximate surface area is 359 Å². The molecule has 0 spiro atoms. The van der Waals surface area contributed by atoms with E-state index in [1.165, 1.54) is 72.3 Å². The van der Waals surface area contributed by atoms with Crippen LogP contribution in [0.3, 0.4) is 0 Å². The zero-order chi connectivity index (χ0) is 40.8. The normalized spacial score (nSPS) is 13.2. The van der Waals surface area contributed by atoms with Crippen LogP contribution in [0.2, 0.25) is 0 Å².